The molecule has 0 bridgehead atoms. The maximum absolute atomic E-state index is 11.1. The standard InChI is InChI=1S/C13H16BrNO6S.Na/c1-13(2)19-11-8(14)6-7(9-4-3-5-15-9)10(12(11)20-13)21-22(16,17)18;/h3-7,10-12,15H,1-2H3,(H,16,17,18);/q;+1/p-1/t7-,10-,11-,12+;/m1./s1. The fourth-order valence-corrected chi connectivity index (χ4v) is 4.02. The van der Waals surface area contributed by atoms with E-state index in [2.05, 4.69) is 20.9 Å². The van der Waals surface area contributed by atoms with Gasteiger partial charge in [-0.1, -0.05) is 22.0 Å². The van der Waals surface area contributed by atoms with Crippen LogP contribution in [0.4, 0.5) is 0 Å². The average molecular weight is 416 g/mol. The zero-order valence-corrected chi connectivity index (χ0v) is 17.3. The Morgan fingerprint density at radius 2 is 2.09 bits per heavy atom. The van der Waals surface area contributed by atoms with Crippen LogP contribution in [0, 0.1) is 0 Å². The van der Waals surface area contributed by atoms with Crippen molar-refractivity contribution in [2.24, 2.45) is 0 Å². The summed E-state index contributed by atoms with van der Waals surface area (Å²) in [6.45, 7) is 3.44. The average Bonchev–Trinajstić information content (AvgIpc) is 2.98. The molecule has 0 amide bonds. The third-order valence-electron chi connectivity index (χ3n) is 3.63. The number of aromatic amines is 1. The van der Waals surface area contributed by atoms with E-state index >= 15 is 0 Å². The topological polar surface area (TPSA) is 101 Å². The monoisotopic (exact) mass is 415 g/mol. The predicted molar refractivity (Wildman–Crippen MR) is 78.9 cm³/mol. The van der Waals surface area contributed by atoms with Gasteiger partial charge in [-0.15, -0.1) is 0 Å². The van der Waals surface area contributed by atoms with Gasteiger partial charge in [-0.25, -0.2) is 8.42 Å². The van der Waals surface area contributed by atoms with Crippen molar-refractivity contribution in [3.8, 4) is 0 Å². The van der Waals surface area contributed by atoms with Gasteiger partial charge in [0.2, 0.25) is 10.4 Å². The molecule has 23 heavy (non-hydrogen) atoms. The summed E-state index contributed by atoms with van der Waals surface area (Å²) in [6, 6.07) is 3.57. The Bertz CT molecular complexity index is 689. The summed E-state index contributed by atoms with van der Waals surface area (Å²) in [7, 11) is -4.89. The first kappa shape index (κ1) is 19.6. The van der Waals surface area contributed by atoms with Crippen LogP contribution in [0.15, 0.2) is 28.9 Å². The summed E-state index contributed by atoms with van der Waals surface area (Å²) < 4.78 is 50.4. The van der Waals surface area contributed by atoms with Crippen LogP contribution in [0.1, 0.15) is 25.5 Å². The summed E-state index contributed by atoms with van der Waals surface area (Å²) >= 11 is 3.44. The summed E-state index contributed by atoms with van der Waals surface area (Å²) in [4.78, 5) is 3.01. The maximum atomic E-state index is 11.1. The van der Waals surface area contributed by atoms with Crippen LogP contribution in [0.5, 0.6) is 0 Å². The Balaban J connectivity index is 0.00000192. The van der Waals surface area contributed by atoms with E-state index in [9.17, 15) is 13.0 Å². The molecule has 3 rings (SSSR count). The number of rotatable bonds is 3. The van der Waals surface area contributed by atoms with Crippen molar-refractivity contribution in [3.05, 3.63) is 34.6 Å². The minimum Gasteiger partial charge on any atom is -0.726 e. The number of nitrogens with one attached hydrogen (secondary N) is 1. The minimum atomic E-state index is -4.89. The van der Waals surface area contributed by atoms with Crippen LogP contribution < -0.4 is 29.6 Å². The molecular weight excluding hydrogens is 401 g/mol. The molecule has 7 nitrogen and oxygen atoms in total. The molecule has 0 aromatic carbocycles. The number of fused-ring (bicyclic) bond motifs is 1. The van der Waals surface area contributed by atoms with Gasteiger partial charge in [0, 0.05) is 22.3 Å². The second-order valence-electron chi connectivity index (χ2n) is 5.69. The molecule has 0 unspecified atom stereocenters. The number of hydrogen-bond acceptors (Lipinski definition) is 6. The molecule has 1 N–H and O–H groups in total. The second kappa shape index (κ2) is 6.89. The summed E-state index contributed by atoms with van der Waals surface area (Å²) in [5, 5.41) is 0. The van der Waals surface area contributed by atoms with Gasteiger partial charge in [0.25, 0.3) is 0 Å². The van der Waals surface area contributed by atoms with Crippen molar-refractivity contribution in [1.82, 2.24) is 4.98 Å². The van der Waals surface area contributed by atoms with E-state index in [0.717, 1.165) is 10.2 Å². The van der Waals surface area contributed by atoms with Gasteiger partial charge in [-0.3, -0.25) is 4.18 Å². The summed E-state index contributed by atoms with van der Waals surface area (Å²) in [5.74, 6) is -1.38. The quantitative estimate of drug-likeness (QED) is 0.376. The van der Waals surface area contributed by atoms with Gasteiger partial charge in [0.05, 0.1) is 0 Å². The van der Waals surface area contributed by atoms with Gasteiger partial charge in [0.1, 0.15) is 18.3 Å². The molecule has 0 saturated carbocycles. The van der Waals surface area contributed by atoms with Crippen molar-refractivity contribution in [2.75, 3.05) is 0 Å². The first-order valence-electron chi connectivity index (χ1n) is 6.66. The van der Waals surface area contributed by atoms with Crippen LogP contribution >= 0.6 is 15.9 Å². The van der Waals surface area contributed by atoms with E-state index in [1.165, 1.54) is 0 Å². The van der Waals surface area contributed by atoms with Crippen molar-refractivity contribution < 1.29 is 56.2 Å². The fourth-order valence-electron chi connectivity index (χ4n) is 2.88. The van der Waals surface area contributed by atoms with Gasteiger partial charge >= 0.3 is 29.6 Å². The smallest absolute Gasteiger partial charge is 0.726 e. The molecule has 1 saturated heterocycles. The van der Waals surface area contributed by atoms with E-state index in [1.54, 1.807) is 38.3 Å². The van der Waals surface area contributed by atoms with Crippen molar-refractivity contribution >= 4 is 26.3 Å². The van der Waals surface area contributed by atoms with Crippen molar-refractivity contribution in [2.45, 2.75) is 43.9 Å². The first-order chi connectivity index (χ1) is 10.2. The molecule has 1 aliphatic heterocycles. The zero-order valence-electron chi connectivity index (χ0n) is 12.9. The van der Waals surface area contributed by atoms with Crippen LogP contribution in [0.3, 0.4) is 0 Å². The Kier molecular flexibility index (Phi) is 5.88. The fraction of sp³-hybridized carbons (Fsp3) is 0.538. The molecule has 0 spiro atoms. The number of aromatic nitrogens is 1. The predicted octanol–water partition coefficient (Wildman–Crippen LogP) is -1.24. The van der Waals surface area contributed by atoms with Crippen LogP contribution in [0.2, 0.25) is 0 Å². The maximum Gasteiger partial charge on any atom is 1.00 e. The molecule has 0 radical (unpaired) electrons. The Labute approximate surface area is 165 Å². The Hall–Kier alpha value is 0.290. The third-order valence-corrected chi connectivity index (χ3v) is 4.80. The zero-order chi connectivity index (χ0) is 16.1. The van der Waals surface area contributed by atoms with Gasteiger partial charge in [0.15, 0.2) is 5.79 Å². The second-order valence-corrected chi connectivity index (χ2v) is 7.62. The SMILES string of the molecule is CC1(C)O[C@H]2[C@H](OS(=O)(=O)[O-])[C@@H](c3ccc[nH]3)C=C(Br)[C@H]2O1.[Na+]. The third kappa shape index (κ3) is 4.28. The molecule has 4 atom stereocenters. The van der Waals surface area contributed by atoms with Crippen LogP contribution in [-0.4, -0.2) is 42.1 Å². The van der Waals surface area contributed by atoms with Crippen molar-refractivity contribution in [3.63, 3.8) is 0 Å². The Morgan fingerprint density at radius 1 is 1.39 bits per heavy atom. The van der Waals surface area contributed by atoms with E-state index < -0.39 is 40.4 Å². The van der Waals surface area contributed by atoms with Gasteiger partial charge in [-0.05, 0) is 26.0 Å². The molecule has 1 aromatic heterocycles. The van der Waals surface area contributed by atoms with E-state index in [0.29, 0.717) is 0 Å². The van der Waals surface area contributed by atoms with E-state index in [4.69, 9.17) is 13.7 Å². The summed E-state index contributed by atoms with van der Waals surface area (Å²) in [5.41, 5.74) is 0.720. The number of H-pyrrole nitrogens is 1. The largest absolute Gasteiger partial charge is 1.00 e. The minimum absolute atomic E-state index is 0. The molecule has 2 heterocycles. The van der Waals surface area contributed by atoms with Gasteiger partial charge < -0.3 is 19.0 Å². The van der Waals surface area contributed by atoms with E-state index in [-0.39, 0.29) is 29.6 Å². The van der Waals surface area contributed by atoms with Gasteiger partial charge in [-0.2, -0.15) is 0 Å². The first-order valence-corrected chi connectivity index (χ1v) is 8.79. The molecule has 1 fully saturated rings. The molecule has 2 aliphatic rings. The molecule has 1 aliphatic carbocycles. The molecule has 1 aromatic rings. The molecule has 122 valence electrons. The number of ether oxygens (including phenoxy) is 2. The van der Waals surface area contributed by atoms with Crippen LogP contribution in [-0.2, 0) is 24.1 Å². The number of halogens is 1. The molecular formula is C13H15BrNNaO6S. The normalized spacial score (nSPS) is 32.8. The molecule has 10 heteroatoms. The van der Waals surface area contributed by atoms with Crippen molar-refractivity contribution in [1.29, 1.82) is 0 Å². The Morgan fingerprint density at radius 3 is 2.65 bits per heavy atom. The number of hydrogen-bond donors (Lipinski definition) is 1. The van der Waals surface area contributed by atoms with Crippen LogP contribution in [0.25, 0.3) is 0 Å². The van der Waals surface area contributed by atoms with E-state index in [1.807, 2.05) is 0 Å². The summed E-state index contributed by atoms with van der Waals surface area (Å²) in [6.07, 6.45) is 1.24.